The van der Waals surface area contributed by atoms with Gasteiger partial charge in [0.25, 0.3) is 0 Å². The van der Waals surface area contributed by atoms with Crippen LogP contribution in [-0.4, -0.2) is 38.8 Å². The Bertz CT molecular complexity index is 689. The zero-order valence-corrected chi connectivity index (χ0v) is 13.5. The van der Waals surface area contributed by atoms with Gasteiger partial charge in [0.05, 0.1) is 5.69 Å². The van der Waals surface area contributed by atoms with Gasteiger partial charge in [-0.05, 0) is 31.9 Å². The topological polar surface area (TPSA) is 71.0 Å². The van der Waals surface area contributed by atoms with E-state index in [1.807, 2.05) is 36.1 Å². The van der Waals surface area contributed by atoms with Crippen molar-refractivity contribution in [1.82, 2.24) is 19.9 Å². The summed E-state index contributed by atoms with van der Waals surface area (Å²) < 4.78 is 0. The lowest BCUT2D eigenvalue weighted by atomic mass is 9.94. The number of hydrogen-bond acceptors (Lipinski definition) is 5. The van der Waals surface area contributed by atoms with Crippen LogP contribution in [0.15, 0.2) is 30.5 Å². The van der Waals surface area contributed by atoms with Crippen molar-refractivity contribution in [3.8, 4) is 0 Å². The van der Waals surface area contributed by atoms with Gasteiger partial charge >= 0.3 is 0 Å². The van der Waals surface area contributed by atoms with E-state index in [9.17, 15) is 4.79 Å². The summed E-state index contributed by atoms with van der Waals surface area (Å²) in [5, 5.41) is 3.22. The summed E-state index contributed by atoms with van der Waals surface area (Å²) in [5.74, 6) is 2.61. The first-order chi connectivity index (χ1) is 11.1. The monoisotopic (exact) mass is 311 g/mol. The van der Waals surface area contributed by atoms with Gasteiger partial charge < -0.3 is 10.2 Å². The van der Waals surface area contributed by atoms with Crippen molar-refractivity contribution in [3.63, 3.8) is 0 Å². The second kappa shape index (κ2) is 6.73. The molecule has 1 unspecified atom stereocenters. The Labute approximate surface area is 136 Å². The van der Waals surface area contributed by atoms with Crippen molar-refractivity contribution in [3.05, 3.63) is 42.0 Å². The molecular formula is C17H21N5O. The number of amides is 1. The highest BCUT2D eigenvalue weighted by atomic mass is 16.2. The summed E-state index contributed by atoms with van der Waals surface area (Å²) in [6.45, 7) is 5.09. The van der Waals surface area contributed by atoms with E-state index in [2.05, 4.69) is 20.3 Å². The highest BCUT2D eigenvalue weighted by molar-refractivity contribution is 5.73. The Morgan fingerprint density at radius 1 is 1.30 bits per heavy atom. The fourth-order valence-electron chi connectivity index (χ4n) is 2.94. The van der Waals surface area contributed by atoms with E-state index in [1.54, 1.807) is 13.1 Å². The average molecular weight is 311 g/mol. The van der Waals surface area contributed by atoms with Crippen molar-refractivity contribution in [1.29, 1.82) is 0 Å². The Hall–Kier alpha value is -2.50. The van der Waals surface area contributed by atoms with Gasteiger partial charge in [0, 0.05) is 38.2 Å². The molecule has 1 aliphatic heterocycles. The molecule has 3 rings (SSSR count). The number of aromatic nitrogens is 3. The minimum absolute atomic E-state index is 0.132. The van der Waals surface area contributed by atoms with Crippen molar-refractivity contribution in [2.75, 3.05) is 18.4 Å². The molecule has 0 aliphatic carbocycles. The molecule has 6 nitrogen and oxygen atoms in total. The summed E-state index contributed by atoms with van der Waals surface area (Å²) in [6.07, 6.45) is 3.79. The lowest BCUT2D eigenvalue weighted by Crippen LogP contribution is -2.37. The number of nitrogens with one attached hydrogen (secondary N) is 1. The van der Waals surface area contributed by atoms with Gasteiger partial charge in [0.15, 0.2) is 0 Å². The number of pyridine rings is 1. The van der Waals surface area contributed by atoms with Gasteiger partial charge in [-0.3, -0.25) is 4.79 Å². The van der Waals surface area contributed by atoms with Crippen LogP contribution in [0.1, 0.15) is 37.2 Å². The van der Waals surface area contributed by atoms with Crippen LogP contribution in [0.5, 0.6) is 0 Å². The normalized spacial score (nSPS) is 17.8. The van der Waals surface area contributed by atoms with E-state index < -0.39 is 0 Å². The third-order valence-electron chi connectivity index (χ3n) is 4.06. The quantitative estimate of drug-likeness (QED) is 0.943. The zero-order chi connectivity index (χ0) is 16.2. The molecule has 2 aromatic heterocycles. The average Bonchev–Trinajstić information content (AvgIpc) is 2.55. The minimum Gasteiger partial charge on any atom is -0.342 e. The third kappa shape index (κ3) is 3.83. The molecule has 1 amide bonds. The first-order valence-corrected chi connectivity index (χ1v) is 7.91. The second-order valence-electron chi connectivity index (χ2n) is 5.87. The summed E-state index contributed by atoms with van der Waals surface area (Å²) in [6, 6.07) is 7.67. The van der Waals surface area contributed by atoms with Crippen molar-refractivity contribution in [2.24, 2.45) is 0 Å². The van der Waals surface area contributed by atoms with Crippen LogP contribution in [0.3, 0.4) is 0 Å². The number of aryl methyl sites for hydroxylation is 1. The Kier molecular flexibility index (Phi) is 4.50. The molecule has 1 aliphatic rings. The molecule has 0 spiro atoms. The first kappa shape index (κ1) is 15.4. The van der Waals surface area contributed by atoms with Gasteiger partial charge in [-0.15, -0.1) is 0 Å². The van der Waals surface area contributed by atoms with E-state index in [4.69, 9.17) is 0 Å². The molecule has 0 bridgehead atoms. The molecule has 3 heterocycles. The van der Waals surface area contributed by atoms with Crippen molar-refractivity contribution in [2.45, 2.75) is 32.6 Å². The van der Waals surface area contributed by atoms with Gasteiger partial charge in [-0.1, -0.05) is 6.07 Å². The molecule has 1 atom stereocenters. The SMILES string of the molecule is CC(=O)N1CCCC(c2cc(Nc3ccccn3)nc(C)n2)C1. The van der Waals surface area contributed by atoms with Crippen LogP contribution in [0, 0.1) is 6.92 Å². The molecule has 0 aromatic carbocycles. The van der Waals surface area contributed by atoms with Crippen LogP contribution in [0.25, 0.3) is 0 Å². The Morgan fingerprint density at radius 3 is 2.91 bits per heavy atom. The van der Waals surface area contributed by atoms with Crippen LogP contribution >= 0.6 is 0 Å². The maximum Gasteiger partial charge on any atom is 0.219 e. The number of piperidine rings is 1. The second-order valence-corrected chi connectivity index (χ2v) is 5.87. The van der Waals surface area contributed by atoms with E-state index in [0.717, 1.165) is 49.1 Å². The lowest BCUT2D eigenvalue weighted by molar-refractivity contribution is -0.130. The van der Waals surface area contributed by atoms with Crippen LogP contribution in [0.4, 0.5) is 11.6 Å². The summed E-state index contributed by atoms with van der Waals surface area (Å²) in [4.78, 5) is 26.8. The molecule has 23 heavy (non-hydrogen) atoms. The van der Waals surface area contributed by atoms with Crippen molar-refractivity contribution >= 4 is 17.5 Å². The first-order valence-electron chi connectivity index (χ1n) is 7.91. The van der Waals surface area contributed by atoms with E-state index >= 15 is 0 Å². The number of nitrogens with zero attached hydrogens (tertiary/aromatic N) is 4. The van der Waals surface area contributed by atoms with Gasteiger partial charge in [0.1, 0.15) is 17.5 Å². The van der Waals surface area contributed by atoms with Gasteiger partial charge in [0.2, 0.25) is 5.91 Å². The summed E-state index contributed by atoms with van der Waals surface area (Å²) in [5.41, 5.74) is 0.988. The number of likely N-dealkylation sites (tertiary alicyclic amines) is 1. The number of hydrogen-bond donors (Lipinski definition) is 1. The van der Waals surface area contributed by atoms with Crippen LogP contribution in [-0.2, 0) is 4.79 Å². The summed E-state index contributed by atoms with van der Waals surface area (Å²) in [7, 11) is 0. The van der Waals surface area contributed by atoms with E-state index in [-0.39, 0.29) is 11.8 Å². The van der Waals surface area contributed by atoms with E-state index in [0.29, 0.717) is 0 Å². The molecular weight excluding hydrogens is 290 g/mol. The Morgan fingerprint density at radius 2 is 2.17 bits per heavy atom. The molecule has 0 saturated carbocycles. The van der Waals surface area contributed by atoms with Crippen LogP contribution < -0.4 is 5.32 Å². The van der Waals surface area contributed by atoms with Crippen LogP contribution in [0.2, 0.25) is 0 Å². The number of carbonyl (C=O) groups excluding carboxylic acids is 1. The maximum absolute atomic E-state index is 11.6. The van der Waals surface area contributed by atoms with E-state index in [1.165, 1.54) is 0 Å². The molecule has 0 radical (unpaired) electrons. The summed E-state index contributed by atoms with van der Waals surface area (Å²) >= 11 is 0. The minimum atomic E-state index is 0.132. The van der Waals surface area contributed by atoms with Gasteiger partial charge in [-0.2, -0.15) is 0 Å². The smallest absolute Gasteiger partial charge is 0.219 e. The Balaban J connectivity index is 1.81. The number of carbonyl (C=O) groups is 1. The highest BCUT2D eigenvalue weighted by Crippen LogP contribution is 2.27. The third-order valence-corrected chi connectivity index (χ3v) is 4.06. The highest BCUT2D eigenvalue weighted by Gasteiger charge is 2.24. The fourth-order valence-corrected chi connectivity index (χ4v) is 2.94. The predicted octanol–water partition coefficient (Wildman–Crippen LogP) is 2.65. The molecule has 2 aromatic rings. The molecule has 1 fully saturated rings. The maximum atomic E-state index is 11.6. The predicted molar refractivity (Wildman–Crippen MR) is 88.5 cm³/mol. The van der Waals surface area contributed by atoms with Gasteiger partial charge in [-0.25, -0.2) is 15.0 Å². The molecule has 1 N–H and O–H groups in total. The van der Waals surface area contributed by atoms with Crippen molar-refractivity contribution < 1.29 is 4.79 Å². The zero-order valence-electron chi connectivity index (χ0n) is 13.5. The molecule has 1 saturated heterocycles. The standard InChI is InChI=1S/C17H21N5O/c1-12-19-15(14-6-5-9-22(11-14)13(2)23)10-17(20-12)21-16-7-3-4-8-18-16/h3-4,7-8,10,14H,5-6,9,11H2,1-2H3,(H,18,19,20,21). The fraction of sp³-hybridized carbons (Fsp3) is 0.412. The number of anilines is 2. The lowest BCUT2D eigenvalue weighted by Gasteiger charge is -2.31. The molecule has 120 valence electrons. The largest absolute Gasteiger partial charge is 0.342 e. The number of rotatable bonds is 3. The molecule has 6 heteroatoms.